The van der Waals surface area contributed by atoms with Gasteiger partial charge in [0.25, 0.3) is 0 Å². The van der Waals surface area contributed by atoms with E-state index in [0.717, 1.165) is 44.2 Å². The number of fused-ring (bicyclic) bond motifs is 1. The summed E-state index contributed by atoms with van der Waals surface area (Å²) >= 11 is 3.59. The number of nitrogens with zero attached hydrogens (tertiary/aromatic N) is 1. The van der Waals surface area contributed by atoms with Crippen LogP contribution in [0.3, 0.4) is 0 Å². The molecule has 3 N–H and O–H groups in total. The van der Waals surface area contributed by atoms with Crippen molar-refractivity contribution in [2.24, 2.45) is 0 Å². The van der Waals surface area contributed by atoms with Crippen molar-refractivity contribution in [2.45, 2.75) is 89.2 Å². The molecule has 0 radical (unpaired) electrons. The number of benzene rings is 2. The third-order valence-electron chi connectivity index (χ3n) is 6.32. The monoisotopic (exact) mass is 608 g/mol. The molecular weight excluding hydrogens is 568 g/mol. The van der Waals surface area contributed by atoms with E-state index in [1.165, 1.54) is 12.3 Å². The van der Waals surface area contributed by atoms with Crippen molar-refractivity contribution >= 4 is 44.0 Å². The summed E-state index contributed by atoms with van der Waals surface area (Å²) in [7, 11) is -3.40. The summed E-state index contributed by atoms with van der Waals surface area (Å²) in [5, 5.41) is 0. The van der Waals surface area contributed by atoms with Crippen LogP contribution in [-0.2, 0) is 9.53 Å². The first kappa shape index (κ1) is 30.5. The highest BCUT2D eigenvalue weighted by Crippen LogP contribution is 2.57. The van der Waals surface area contributed by atoms with Crippen LogP contribution >= 0.6 is 26.7 Å². The lowest BCUT2D eigenvalue weighted by Gasteiger charge is -2.43. The quantitative estimate of drug-likeness (QED) is 0.141. The Morgan fingerprint density at radius 2 is 1.76 bits per heavy atom. The maximum Gasteiger partial charge on any atom is 0.334 e. The molecule has 0 fully saturated rings. The molecule has 0 aromatic heterocycles. The van der Waals surface area contributed by atoms with Gasteiger partial charge in [0.2, 0.25) is 0 Å². The maximum atomic E-state index is 12.1. The lowest BCUT2D eigenvalue weighted by Crippen LogP contribution is -2.51. The number of esters is 1. The van der Waals surface area contributed by atoms with Gasteiger partial charge in [-0.3, -0.25) is 9.11 Å². The summed E-state index contributed by atoms with van der Waals surface area (Å²) in [5.41, 5.74) is 0.547. The summed E-state index contributed by atoms with van der Waals surface area (Å²) in [4.78, 5) is 14.6. The van der Waals surface area contributed by atoms with Crippen molar-refractivity contribution in [3.05, 3.63) is 59.3 Å². The standard InChI is InChI=1S/C29H41BrN2O5S/c1-6-8-16-29(17-9-7-2)21-32(22-13-11-10-12-14-22)24-19-23(30)25(20-26(24)38(34,35)31-29)36-18-15-27(33)37-28(3,4)5/h10-15,18-20,31,34-35H,6-9,16-17,21H2,1-5H3/b18-15+. The summed E-state index contributed by atoms with van der Waals surface area (Å²) in [6.07, 6.45) is 8.06. The van der Waals surface area contributed by atoms with Crippen LogP contribution in [-0.4, -0.2) is 32.8 Å². The van der Waals surface area contributed by atoms with Gasteiger partial charge in [0.15, 0.2) is 0 Å². The topological polar surface area (TPSA) is 91.3 Å². The second-order valence-electron chi connectivity index (χ2n) is 10.8. The minimum atomic E-state index is -3.40. The molecule has 9 heteroatoms. The highest BCUT2D eigenvalue weighted by atomic mass is 79.9. The predicted molar refractivity (Wildman–Crippen MR) is 159 cm³/mol. The SMILES string of the molecule is CCCCC1(CCCC)CN(c2ccccc2)c2cc(Br)c(O/C=C/C(=O)OC(C)(C)C)cc2S(O)(O)N1. The van der Waals surface area contributed by atoms with Gasteiger partial charge < -0.3 is 14.4 Å². The molecule has 2 aromatic carbocycles. The fourth-order valence-corrected chi connectivity index (χ4v) is 6.72. The molecule has 0 spiro atoms. The zero-order valence-corrected chi connectivity index (χ0v) is 25.4. The van der Waals surface area contributed by atoms with Crippen LogP contribution in [0.5, 0.6) is 5.75 Å². The average Bonchev–Trinajstić information content (AvgIpc) is 2.93. The Hall–Kier alpha value is -2.04. The number of hydrogen-bond donors (Lipinski definition) is 3. The van der Waals surface area contributed by atoms with E-state index in [4.69, 9.17) is 9.47 Å². The number of halogens is 1. The van der Waals surface area contributed by atoms with Gasteiger partial charge in [-0.05, 0) is 67.7 Å². The van der Waals surface area contributed by atoms with Crippen molar-refractivity contribution in [3.8, 4) is 5.75 Å². The zero-order valence-electron chi connectivity index (χ0n) is 23.0. The molecule has 0 bridgehead atoms. The number of hydrogen-bond acceptors (Lipinski definition) is 7. The normalized spacial score (nSPS) is 17.5. The summed E-state index contributed by atoms with van der Waals surface area (Å²) in [6, 6.07) is 13.5. The minimum absolute atomic E-state index is 0.347. The summed E-state index contributed by atoms with van der Waals surface area (Å²) in [6.45, 7) is 10.3. The van der Waals surface area contributed by atoms with Gasteiger partial charge in [-0.15, -0.1) is 10.8 Å². The molecule has 1 aliphatic heterocycles. The molecule has 38 heavy (non-hydrogen) atoms. The fraction of sp³-hybridized carbons (Fsp3) is 0.483. The number of carbonyl (C=O) groups excluding carboxylic acids is 1. The van der Waals surface area contributed by atoms with Gasteiger partial charge in [0.1, 0.15) is 16.2 Å². The Kier molecular flexibility index (Phi) is 10.3. The molecule has 2 aromatic rings. The third-order valence-corrected chi connectivity index (χ3v) is 8.60. The van der Waals surface area contributed by atoms with E-state index < -0.39 is 27.9 Å². The van der Waals surface area contributed by atoms with Crippen LogP contribution in [0.1, 0.15) is 73.1 Å². The molecule has 0 atom stereocenters. The molecule has 1 aliphatic rings. The Balaban J connectivity index is 2.07. The third kappa shape index (κ3) is 7.99. The first-order chi connectivity index (χ1) is 17.9. The molecule has 210 valence electrons. The van der Waals surface area contributed by atoms with Crippen molar-refractivity contribution < 1.29 is 23.4 Å². The molecule has 0 unspecified atom stereocenters. The highest BCUT2D eigenvalue weighted by Gasteiger charge is 2.42. The van der Waals surface area contributed by atoms with Gasteiger partial charge in [0.05, 0.1) is 28.0 Å². The largest absolute Gasteiger partial charge is 0.463 e. The van der Waals surface area contributed by atoms with Gasteiger partial charge in [-0.1, -0.05) is 57.7 Å². The van der Waals surface area contributed by atoms with Crippen molar-refractivity contribution in [3.63, 3.8) is 0 Å². The van der Waals surface area contributed by atoms with E-state index in [9.17, 15) is 13.9 Å². The van der Waals surface area contributed by atoms with Crippen molar-refractivity contribution in [1.82, 2.24) is 4.72 Å². The molecule has 0 amide bonds. The van der Waals surface area contributed by atoms with Crippen LogP contribution in [0.15, 0.2) is 64.2 Å². The second kappa shape index (κ2) is 12.9. The van der Waals surface area contributed by atoms with Crippen LogP contribution in [0.25, 0.3) is 0 Å². The number of anilines is 2. The smallest absolute Gasteiger partial charge is 0.334 e. The zero-order chi connectivity index (χ0) is 28.0. The first-order valence-corrected chi connectivity index (χ1v) is 15.5. The van der Waals surface area contributed by atoms with Crippen molar-refractivity contribution in [2.75, 3.05) is 11.4 Å². The van der Waals surface area contributed by atoms with Gasteiger partial charge in [-0.25, -0.2) is 9.52 Å². The molecule has 1 heterocycles. The van der Waals surface area contributed by atoms with Gasteiger partial charge in [0, 0.05) is 18.3 Å². The minimum Gasteiger partial charge on any atom is -0.463 e. The van der Waals surface area contributed by atoms with E-state index in [1.54, 1.807) is 26.8 Å². The van der Waals surface area contributed by atoms with E-state index in [1.807, 2.05) is 36.4 Å². The number of ether oxygens (including phenoxy) is 2. The first-order valence-electron chi connectivity index (χ1n) is 13.2. The molecule has 0 saturated carbocycles. The van der Waals surface area contributed by atoms with Crippen LogP contribution < -0.4 is 14.4 Å². The second-order valence-corrected chi connectivity index (χ2v) is 13.4. The number of carbonyl (C=O) groups is 1. The van der Waals surface area contributed by atoms with Crippen LogP contribution in [0.2, 0.25) is 0 Å². The van der Waals surface area contributed by atoms with E-state index in [2.05, 4.69) is 39.4 Å². The van der Waals surface area contributed by atoms with Crippen molar-refractivity contribution in [1.29, 1.82) is 0 Å². The Morgan fingerprint density at radius 3 is 2.34 bits per heavy atom. The molecule has 7 nitrogen and oxygen atoms in total. The number of unbranched alkanes of at least 4 members (excludes halogenated alkanes) is 2. The Bertz CT molecular complexity index is 1110. The molecule has 3 rings (SSSR count). The number of nitrogens with one attached hydrogen (secondary N) is 1. The van der Waals surface area contributed by atoms with Crippen LogP contribution in [0.4, 0.5) is 11.4 Å². The Morgan fingerprint density at radius 1 is 1.13 bits per heavy atom. The lowest BCUT2D eigenvalue weighted by atomic mass is 9.87. The molecule has 0 saturated heterocycles. The highest BCUT2D eigenvalue weighted by molar-refractivity contribution is 9.10. The molecule has 0 aliphatic carbocycles. The lowest BCUT2D eigenvalue weighted by molar-refractivity contribution is -0.148. The maximum absolute atomic E-state index is 12.1. The number of para-hydroxylation sites is 1. The Labute approximate surface area is 237 Å². The fourth-order valence-electron chi connectivity index (χ4n) is 4.58. The number of rotatable bonds is 10. The predicted octanol–water partition coefficient (Wildman–Crippen LogP) is 8.57. The average molecular weight is 610 g/mol. The summed E-state index contributed by atoms with van der Waals surface area (Å²) in [5.74, 6) is -0.172. The molecular formula is C29H41BrN2O5S. The van der Waals surface area contributed by atoms with E-state index >= 15 is 0 Å². The van der Waals surface area contributed by atoms with Crippen LogP contribution in [0, 0.1) is 0 Å². The van der Waals surface area contributed by atoms with Gasteiger partial charge >= 0.3 is 5.97 Å². The van der Waals surface area contributed by atoms with Gasteiger partial charge in [-0.2, -0.15) is 0 Å². The van der Waals surface area contributed by atoms with E-state index in [0.29, 0.717) is 27.3 Å². The summed E-state index contributed by atoms with van der Waals surface area (Å²) < 4.78 is 38.2. The van der Waals surface area contributed by atoms with E-state index in [-0.39, 0.29) is 0 Å².